The van der Waals surface area contributed by atoms with Gasteiger partial charge < -0.3 is 9.84 Å². The molecule has 1 aliphatic carbocycles. The first-order valence-corrected chi connectivity index (χ1v) is 6.52. The van der Waals surface area contributed by atoms with Gasteiger partial charge >= 0.3 is 0 Å². The summed E-state index contributed by atoms with van der Waals surface area (Å²) >= 11 is 0. The van der Waals surface area contributed by atoms with Crippen molar-refractivity contribution in [2.24, 2.45) is 0 Å². The zero-order valence-electron chi connectivity index (χ0n) is 10.9. The highest BCUT2D eigenvalue weighted by molar-refractivity contribution is 5.85. The average molecular weight is 252 g/mol. The number of methoxy groups -OCH3 is 1. The zero-order valence-corrected chi connectivity index (χ0v) is 10.9. The molecule has 1 fully saturated rings. The van der Waals surface area contributed by atoms with Crippen LogP contribution in [0.3, 0.4) is 0 Å². The van der Waals surface area contributed by atoms with Gasteiger partial charge in [-0.25, -0.2) is 0 Å². The first kappa shape index (κ1) is 12.1. The number of aliphatic hydroxyl groups is 1. The third kappa shape index (κ3) is 2.43. The van der Waals surface area contributed by atoms with Gasteiger partial charge in [0.15, 0.2) is 0 Å². The van der Waals surface area contributed by atoms with Crippen LogP contribution < -0.4 is 4.74 Å². The lowest BCUT2D eigenvalue weighted by atomic mass is 9.81. The Morgan fingerprint density at radius 1 is 1.11 bits per heavy atom. The van der Waals surface area contributed by atoms with Gasteiger partial charge in [-0.1, -0.05) is 24.0 Å². The minimum absolute atomic E-state index is 0.741. The monoisotopic (exact) mass is 252 g/mol. The van der Waals surface area contributed by atoms with E-state index in [1.54, 1.807) is 7.11 Å². The Hall–Kier alpha value is -1.98. The minimum atomic E-state index is -0.741. The number of fused-ring (bicyclic) bond motifs is 1. The third-order valence-electron chi connectivity index (χ3n) is 3.67. The second-order valence-electron chi connectivity index (χ2n) is 5.06. The lowest BCUT2D eigenvalue weighted by molar-refractivity contribution is 0.0240. The van der Waals surface area contributed by atoms with Crippen LogP contribution in [0.4, 0.5) is 0 Å². The number of hydrogen-bond donors (Lipinski definition) is 1. The van der Waals surface area contributed by atoms with E-state index < -0.39 is 5.60 Å². The number of benzene rings is 2. The van der Waals surface area contributed by atoms with Crippen molar-refractivity contribution < 1.29 is 9.84 Å². The van der Waals surface area contributed by atoms with Gasteiger partial charge in [-0.05, 0) is 54.3 Å². The van der Waals surface area contributed by atoms with E-state index in [1.165, 1.54) is 0 Å². The number of rotatable bonds is 1. The molecule has 0 aromatic heterocycles. The molecule has 0 bridgehead atoms. The van der Waals surface area contributed by atoms with Crippen molar-refractivity contribution in [3.63, 3.8) is 0 Å². The Morgan fingerprint density at radius 3 is 2.53 bits per heavy atom. The predicted molar refractivity (Wildman–Crippen MR) is 76.2 cm³/mol. The second kappa shape index (κ2) is 4.60. The smallest absolute Gasteiger partial charge is 0.125 e. The Labute approximate surface area is 113 Å². The molecule has 1 saturated carbocycles. The molecule has 0 saturated heterocycles. The topological polar surface area (TPSA) is 29.5 Å². The van der Waals surface area contributed by atoms with Crippen molar-refractivity contribution in [1.29, 1.82) is 0 Å². The Balaban J connectivity index is 1.93. The largest absolute Gasteiger partial charge is 0.497 e. The first-order chi connectivity index (χ1) is 9.18. The molecule has 2 heteroatoms. The minimum Gasteiger partial charge on any atom is -0.497 e. The second-order valence-corrected chi connectivity index (χ2v) is 5.06. The normalized spacial score (nSPS) is 16.3. The average Bonchev–Trinajstić information content (AvgIpc) is 2.42. The fourth-order valence-electron chi connectivity index (χ4n) is 2.25. The zero-order chi connectivity index (χ0) is 13.3. The summed E-state index contributed by atoms with van der Waals surface area (Å²) < 4.78 is 5.21. The van der Waals surface area contributed by atoms with Crippen molar-refractivity contribution in [3.05, 3.63) is 42.0 Å². The molecule has 0 heterocycles. The maximum Gasteiger partial charge on any atom is 0.125 e. The maximum absolute atomic E-state index is 9.96. The van der Waals surface area contributed by atoms with Crippen LogP contribution in [0.1, 0.15) is 24.8 Å². The molecular formula is C17H16O2. The molecule has 3 rings (SSSR count). The van der Waals surface area contributed by atoms with Crippen molar-refractivity contribution in [2.45, 2.75) is 24.9 Å². The van der Waals surface area contributed by atoms with Crippen molar-refractivity contribution >= 4 is 10.8 Å². The highest BCUT2D eigenvalue weighted by Gasteiger charge is 2.31. The summed E-state index contributed by atoms with van der Waals surface area (Å²) in [5.74, 6) is 6.91. The van der Waals surface area contributed by atoms with E-state index in [-0.39, 0.29) is 0 Å². The summed E-state index contributed by atoms with van der Waals surface area (Å²) in [5, 5.41) is 12.2. The van der Waals surface area contributed by atoms with Gasteiger partial charge in [0.05, 0.1) is 7.11 Å². The van der Waals surface area contributed by atoms with Gasteiger partial charge in [0, 0.05) is 5.56 Å². The summed E-state index contributed by atoms with van der Waals surface area (Å²) in [7, 11) is 1.67. The highest BCUT2D eigenvalue weighted by Crippen LogP contribution is 2.30. The number of ether oxygens (including phenoxy) is 1. The summed E-state index contributed by atoms with van der Waals surface area (Å²) in [6, 6.07) is 12.0. The number of hydrogen-bond acceptors (Lipinski definition) is 2. The molecule has 2 aromatic rings. The molecule has 0 aliphatic heterocycles. The van der Waals surface area contributed by atoms with E-state index in [0.717, 1.165) is 41.3 Å². The van der Waals surface area contributed by atoms with Gasteiger partial charge in [0.2, 0.25) is 0 Å². The van der Waals surface area contributed by atoms with Crippen LogP contribution in [0, 0.1) is 11.8 Å². The lowest BCUT2D eigenvalue weighted by Crippen LogP contribution is -2.34. The molecule has 0 amide bonds. The Kier molecular flexibility index (Phi) is 2.93. The van der Waals surface area contributed by atoms with Crippen LogP contribution >= 0.6 is 0 Å². The fourth-order valence-corrected chi connectivity index (χ4v) is 2.25. The van der Waals surface area contributed by atoms with E-state index in [2.05, 4.69) is 11.8 Å². The SMILES string of the molecule is COc1ccc2cc(C#CC3(O)CCC3)ccc2c1. The van der Waals surface area contributed by atoms with E-state index in [0.29, 0.717) is 0 Å². The van der Waals surface area contributed by atoms with Gasteiger partial charge in [0.25, 0.3) is 0 Å². The van der Waals surface area contributed by atoms with Gasteiger partial charge in [-0.3, -0.25) is 0 Å². The van der Waals surface area contributed by atoms with Gasteiger partial charge in [0.1, 0.15) is 11.4 Å². The van der Waals surface area contributed by atoms with Crippen molar-refractivity contribution in [1.82, 2.24) is 0 Å². The molecule has 19 heavy (non-hydrogen) atoms. The molecule has 0 spiro atoms. The van der Waals surface area contributed by atoms with Gasteiger partial charge in [-0.15, -0.1) is 0 Å². The van der Waals surface area contributed by atoms with Crippen LogP contribution in [0.15, 0.2) is 36.4 Å². The summed E-state index contributed by atoms with van der Waals surface area (Å²) in [5.41, 5.74) is 0.201. The molecule has 2 nitrogen and oxygen atoms in total. The maximum atomic E-state index is 9.96. The Morgan fingerprint density at radius 2 is 1.84 bits per heavy atom. The van der Waals surface area contributed by atoms with Crippen molar-refractivity contribution in [3.8, 4) is 17.6 Å². The van der Waals surface area contributed by atoms with Crippen LogP contribution in [-0.4, -0.2) is 17.8 Å². The Bertz CT molecular complexity index is 672. The summed E-state index contributed by atoms with van der Waals surface area (Å²) in [4.78, 5) is 0. The molecule has 0 radical (unpaired) electrons. The summed E-state index contributed by atoms with van der Waals surface area (Å²) in [6.07, 6.45) is 2.66. The highest BCUT2D eigenvalue weighted by atomic mass is 16.5. The van der Waals surface area contributed by atoms with E-state index in [1.807, 2.05) is 36.4 Å². The quantitative estimate of drug-likeness (QED) is 0.790. The fraction of sp³-hybridized carbons (Fsp3) is 0.294. The van der Waals surface area contributed by atoms with E-state index in [9.17, 15) is 5.11 Å². The molecule has 0 unspecified atom stereocenters. The van der Waals surface area contributed by atoms with Crippen molar-refractivity contribution in [2.75, 3.05) is 7.11 Å². The lowest BCUT2D eigenvalue weighted by Gasteiger charge is -2.30. The molecule has 2 aromatic carbocycles. The first-order valence-electron chi connectivity index (χ1n) is 6.52. The van der Waals surface area contributed by atoms with Gasteiger partial charge in [-0.2, -0.15) is 0 Å². The molecule has 1 N–H and O–H groups in total. The van der Waals surface area contributed by atoms with Crippen LogP contribution in [0.25, 0.3) is 10.8 Å². The van der Waals surface area contributed by atoms with E-state index >= 15 is 0 Å². The summed E-state index contributed by atoms with van der Waals surface area (Å²) in [6.45, 7) is 0. The van der Waals surface area contributed by atoms with Crippen LogP contribution in [-0.2, 0) is 0 Å². The molecule has 96 valence electrons. The molecule has 0 atom stereocenters. The molecule has 1 aliphatic rings. The van der Waals surface area contributed by atoms with Crippen LogP contribution in [0.2, 0.25) is 0 Å². The van der Waals surface area contributed by atoms with E-state index in [4.69, 9.17) is 4.74 Å². The third-order valence-corrected chi connectivity index (χ3v) is 3.67. The standard InChI is InChI=1S/C17H16O2/c1-19-16-6-5-14-11-13(3-4-15(14)12-16)7-10-17(18)8-2-9-17/h3-6,11-12,18H,2,8-9H2,1H3. The van der Waals surface area contributed by atoms with Crippen LogP contribution in [0.5, 0.6) is 5.75 Å². The molecular weight excluding hydrogens is 236 g/mol. The predicted octanol–water partition coefficient (Wildman–Crippen LogP) is 3.11.